The zero-order chi connectivity index (χ0) is 11.8. The number of hydrogen-bond acceptors (Lipinski definition) is 3. The predicted molar refractivity (Wildman–Crippen MR) is 63.4 cm³/mol. The van der Waals surface area contributed by atoms with Crippen molar-refractivity contribution in [2.24, 2.45) is 0 Å². The average molecular weight is 285 g/mol. The number of esters is 1. The van der Waals surface area contributed by atoms with E-state index in [0.717, 1.165) is 15.8 Å². The first-order valence-electron chi connectivity index (χ1n) is 5.11. The summed E-state index contributed by atoms with van der Waals surface area (Å²) in [5.41, 5.74) is 0.368. The first kappa shape index (κ1) is 11.5. The summed E-state index contributed by atoms with van der Waals surface area (Å²) in [7, 11) is 1.62. The van der Waals surface area contributed by atoms with Crippen LogP contribution in [0.3, 0.4) is 0 Å². The van der Waals surface area contributed by atoms with E-state index >= 15 is 0 Å². The van der Waals surface area contributed by atoms with Crippen molar-refractivity contribution in [2.75, 3.05) is 7.11 Å². The Morgan fingerprint density at radius 2 is 2.25 bits per heavy atom. The molecule has 1 aromatic carbocycles. The summed E-state index contributed by atoms with van der Waals surface area (Å²) in [6.45, 7) is 1.92. The van der Waals surface area contributed by atoms with Crippen LogP contribution < -0.4 is 4.74 Å². The largest absolute Gasteiger partial charge is 0.496 e. The molecule has 1 aliphatic heterocycles. The molecule has 1 fully saturated rings. The van der Waals surface area contributed by atoms with Gasteiger partial charge in [0.05, 0.1) is 7.11 Å². The minimum Gasteiger partial charge on any atom is -0.496 e. The Kier molecular flexibility index (Phi) is 2.93. The maximum Gasteiger partial charge on any atom is 0.306 e. The van der Waals surface area contributed by atoms with E-state index in [1.54, 1.807) is 7.11 Å². The van der Waals surface area contributed by atoms with Gasteiger partial charge in [-0.2, -0.15) is 0 Å². The van der Waals surface area contributed by atoms with Crippen LogP contribution >= 0.6 is 15.9 Å². The summed E-state index contributed by atoms with van der Waals surface area (Å²) in [5, 5.41) is 0. The number of halogens is 1. The van der Waals surface area contributed by atoms with Crippen molar-refractivity contribution in [1.82, 2.24) is 0 Å². The summed E-state index contributed by atoms with van der Waals surface area (Å²) in [4.78, 5) is 11.2. The summed E-state index contributed by atoms with van der Waals surface area (Å²) in [5.74, 6) is 0.596. The van der Waals surface area contributed by atoms with Crippen molar-refractivity contribution in [1.29, 1.82) is 0 Å². The zero-order valence-corrected chi connectivity index (χ0v) is 10.8. The fraction of sp³-hybridized carbons (Fsp3) is 0.417. The monoisotopic (exact) mass is 284 g/mol. The lowest BCUT2D eigenvalue weighted by molar-refractivity contribution is -0.147. The molecule has 1 aliphatic rings. The summed E-state index contributed by atoms with van der Waals surface area (Å²) in [6, 6.07) is 5.74. The van der Waals surface area contributed by atoms with Crippen LogP contribution in [0.25, 0.3) is 0 Å². The van der Waals surface area contributed by atoms with Crippen LogP contribution in [0.2, 0.25) is 0 Å². The van der Waals surface area contributed by atoms with Gasteiger partial charge in [0.2, 0.25) is 0 Å². The minimum absolute atomic E-state index is 0.146. The van der Waals surface area contributed by atoms with Gasteiger partial charge in [-0.25, -0.2) is 0 Å². The third-order valence-corrected chi connectivity index (χ3v) is 3.37. The molecule has 0 saturated carbocycles. The van der Waals surface area contributed by atoms with Crippen LogP contribution in [-0.4, -0.2) is 13.1 Å². The first-order valence-corrected chi connectivity index (χ1v) is 5.90. The molecule has 1 atom stereocenters. The maximum atomic E-state index is 11.2. The van der Waals surface area contributed by atoms with E-state index in [1.807, 2.05) is 25.1 Å². The lowest BCUT2D eigenvalue weighted by Crippen LogP contribution is -2.21. The number of hydrogen-bond donors (Lipinski definition) is 0. The molecule has 1 aromatic rings. The number of ether oxygens (including phenoxy) is 2. The third kappa shape index (κ3) is 1.94. The second-order valence-electron chi connectivity index (χ2n) is 4.05. The molecule has 1 saturated heterocycles. The van der Waals surface area contributed by atoms with Gasteiger partial charge in [-0.3, -0.25) is 4.79 Å². The SMILES string of the molecule is COc1cc(Br)ccc1C1(C)CCC(=O)O1. The minimum atomic E-state index is -0.552. The predicted octanol–water partition coefficient (Wildman–Crippen LogP) is 3.01. The molecular weight excluding hydrogens is 272 g/mol. The van der Waals surface area contributed by atoms with E-state index in [-0.39, 0.29) is 5.97 Å². The van der Waals surface area contributed by atoms with Gasteiger partial charge in [-0.1, -0.05) is 22.0 Å². The standard InChI is InChI=1S/C12H13BrO3/c1-12(6-5-11(14)16-12)9-4-3-8(13)7-10(9)15-2/h3-4,7H,5-6H2,1-2H3. The number of methoxy groups -OCH3 is 1. The topological polar surface area (TPSA) is 35.5 Å². The lowest BCUT2D eigenvalue weighted by Gasteiger charge is -2.25. The highest BCUT2D eigenvalue weighted by Crippen LogP contribution is 2.41. The van der Waals surface area contributed by atoms with Gasteiger partial charge in [0.25, 0.3) is 0 Å². The molecule has 3 nitrogen and oxygen atoms in total. The van der Waals surface area contributed by atoms with Gasteiger partial charge < -0.3 is 9.47 Å². The van der Waals surface area contributed by atoms with E-state index in [4.69, 9.17) is 9.47 Å². The number of cyclic esters (lactones) is 1. The number of rotatable bonds is 2. The van der Waals surface area contributed by atoms with Gasteiger partial charge in [-0.05, 0) is 19.1 Å². The molecule has 0 radical (unpaired) electrons. The summed E-state index contributed by atoms with van der Waals surface area (Å²) >= 11 is 3.39. The molecule has 0 N–H and O–H groups in total. The molecule has 16 heavy (non-hydrogen) atoms. The second-order valence-corrected chi connectivity index (χ2v) is 4.97. The summed E-state index contributed by atoms with van der Waals surface area (Å²) < 4.78 is 11.6. The first-order chi connectivity index (χ1) is 7.55. The molecule has 2 rings (SSSR count). The number of benzene rings is 1. The number of carbonyl (C=O) groups excluding carboxylic acids is 1. The molecule has 4 heteroatoms. The van der Waals surface area contributed by atoms with Crippen LogP contribution in [0.5, 0.6) is 5.75 Å². The highest BCUT2D eigenvalue weighted by Gasteiger charge is 2.39. The fourth-order valence-electron chi connectivity index (χ4n) is 1.99. The number of carbonyl (C=O) groups is 1. The third-order valence-electron chi connectivity index (χ3n) is 2.88. The Morgan fingerprint density at radius 1 is 1.50 bits per heavy atom. The van der Waals surface area contributed by atoms with Crippen LogP contribution in [0.15, 0.2) is 22.7 Å². The molecule has 86 valence electrons. The van der Waals surface area contributed by atoms with Crippen molar-refractivity contribution >= 4 is 21.9 Å². The molecule has 0 amide bonds. The van der Waals surface area contributed by atoms with E-state index < -0.39 is 5.60 Å². The van der Waals surface area contributed by atoms with Crippen molar-refractivity contribution in [2.45, 2.75) is 25.4 Å². The molecular formula is C12H13BrO3. The normalized spacial score (nSPS) is 24.3. The Morgan fingerprint density at radius 3 is 2.81 bits per heavy atom. The molecule has 0 spiro atoms. The zero-order valence-electron chi connectivity index (χ0n) is 9.25. The quantitative estimate of drug-likeness (QED) is 0.784. The van der Waals surface area contributed by atoms with Crippen LogP contribution in [-0.2, 0) is 15.1 Å². The molecule has 0 aromatic heterocycles. The van der Waals surface area contributed by atoms with Gasteiger partial charge in [0, 0.05) is 22.9 Å². The smallest absolute Gasteiger partial charge is 0.306 e. The van der Waals surface area contributed by atoms with Crippen molar-refractivity contribution < 1.29 is 14.3 Å². The van der Waals surface area contributed by atoms with Gasteiger partial charge >= 0.3 is 5.97 Å². The van der Waals surface area contributed by atoms with Crippen LogP contribution in [0, 0.1) is 0 Å². The highest BCUT2D eigenvalue weighted by molar-refractivity contribution is 9.10. The van der Waals surface area contributed by atoms with Crippen LogP contribution in [0.1, 0.15) is 25.3 Å². The Balaban J connectivity index is 2.43. The highest BCUT2D eigenvalue weighted by atomic mass is 79.9. The molecule has 1 unspecified atom stereocenters. The van der Waals surface area contributed by atoms with E-state index in [1.165, 1.54) is 0 Å². The molecule has 0 bridgehead atoms. The molecule has 1 heterocycles. The molecule has 0 aliphatic carbocycles. The van der Waals surface area contributed by atoms with Gasteiger partial charge in [0.1, 0.15) is 11.4 Å². The van der Waals surface area contributed by atoms with Gasteiger partial charge in [0.15, 0.2) is 0 Å². The van der Waals surface area contributed by atoms with Crippen molar-refractivity contribution in [3.8, 4) is 5.75 Å². The van der Waals surface area contributed by atoms with Crippen molar-refractivity contribution in [3.63, 3.8) is 0 Å². The fourth-order valence-corrected chi connectivity index (χ4v) is 2.33. The Labute approximate surface area is 103 Å². The Bertz CT molecular complexity index is 430. The Hall–Kier alpha value is -1.03. The van der Waals surface area contributed by atoms with E-state index in [0.29, 0.717) is 12.8 Å². The van der Waals surface area contributed by atoms with Gasteiger partial charge in [-0.15, -0.1) is 0 Å². The van der Waals surface area contributed by atoms with Crippen molar-refractivity contribution in [3.05, 3.63) is 28.2 Å². The van der Waals surface area contributed by atoms with E-state index in [2.05, 4.69) is 15.9 Å². The van der Waals surface area contributed by atoms with Crippen LogP contribution in [0.4, 0.5) is 0 Å². The van der Waals surface area contributed by atoms with E-state index in [9.17, 15) is 4.79 Å². The second kappa shape index (κ2) is 4.09. The lowest BCUT2D eigenvalue weighted by atomic mass is 9.92. The maximum absolute atomic E-state index is 11.2. The summed E-state index contributed by atoms with van der Waals surface area (Å²) in [6.07, 6.45) is 1.17. The average Bonchev–Trinajstić information content (AvgIpc) is 2.59.